The van der Waals surface area contributed by atoms with Crippen LogP contribution in [0.5, 0.6) is 0 Å². The molecule has 1 unspecified atom stereocenters. The van der Waals surface area contributed by atoms with Crippen LogP contribution < -0.4 is 0 Å². The Bertz CT molecular complexity index is 769. The second-order valence-corrected chi connectivity index (χ2v) is 8.42. The molecule has 4 nitrogen and oxygen atoms in total. The molecule has 1 aromatic carbocycles. The highest BCUT2D eigenvalue weighted by atomic mass is 16.4. The van der Waals surface area contributed by atoms with Gasteiger partial charge in [0.2, 0.25) is 0 Å². The van der Waals surface area contributed by atoms with Crippen molar-refractivity contribution in [3.05, 3.63) is 47.5 Å². The van der Waals surface area contributed by atoms with Crippen molar-refractivity contribution in [2.75, 3.05) is 0 Å². The predicted molar refractivity (Wildman–Crippen MR) is 108 cm³/mol. The van der Waals surface area contributed by atoms with Crippen LogP contribution in [0.15, 0.2) is 42.0 Å². The van der Waals surface area contributed by atoms with E-state index in [1.807, 2.05) is 30.3 Å². The molecule has 3 N–H and O–H groups in total. The summed E-state index contributed by atoms with van der Waals surface area (Å²) in [7, 11) is 0. The molecule has 3 rings (SSSR count). The summed E-state index contributed by atoms with van der Waals surface area (Å²) in [4.78, 5) is 10.6. The van der Waals surface area contributed by atoms with Gasteiger partial charge in [0, 0.05) is 12.8 Å². The molecule has 4 heteroatoms. The van der Waals surface area contributed by atoms with Crippen molar-refractivity contribution in [1.29, 1.82) is 0 Å². The molecule has 0 aliphatic heterocycles. The first kappa shape index (κ1) is 20.6. The van der Waals surface area contributed by atoms with E-state index >= 15 is 0 Å². The molecule has 2 saturated carbocycles. The number of aliphatic hydroxyl groups excluding tert-OH is 1. The maximum atomic E-state index is 10.7. The normalized spacial score (nSPS) is 29.8. The number of allylic oxidation sites excluding steroid dienone is 2. The monoisotopic (exact) mass is 382 g/mol. The zero-order valence-electron chi connectivity index (χ0n) is 16.5. The van der Waals surface area contributed by atoms with Crippen molar-refractivity contribution >= 4 is 5.97 Å². The lowest BCUT2D eigenvalue weighted by Gasteiger charge is -2.48. The number of fused-ring (bicyclic) bond motifs is 1. The molecule has 5 atom stereocenters. The Balaban J connectivity index is 1.61. The van der Waals surface area contributed by atoms with Crippen LogP contribution in [-0.2, 0) is 11.2 Å². The third kappa shape index (κ3) is 5.25. The van der Waals surface area contributed by atoms with Gasteiger partial charge in [-0.15, -0.1) is 0 Å². The van der Waals surface area contributed by atoms with Gasteiger partial charge in [-0.25, -0.2) is 0 Å². The molecular weight excluding hydrogens is 352 g/mol. The summed E-state index contributed by atoms with van der Waals surface area (Å²) in [5, 5.41) is 29.9. The molecule has 2 fully saturated rings. The van der Waals surface area contributed by atoms with Gasteiger partial charge in [-0.3, -0.25) is 4.79 Å². The van der Waals surface area contributed by atoms with Crippen molar-refractivity contribution < 1.29 is 20.1 Å². The fourth-order valence-electron chi connectivity index (χ4n) is 4.53. The first-order chi connectivity index (χ1) is 13.4. The predicted octanol–water partition coefficient (Wildman–Crippen LogP) is 3.57. The van der Waals surface area contributed by atoms with Crippen LogP contribution in [-0.4, -0.2) is 33.0 Å². The molecule has 0 radical (unpaired) electrons. The Morgan fingerprint density at radius 2 is 2.04 bits per heavy atom. The number of aliphatic hydroxyl groups is 2. The van der Waals surface area contributed by atoms with Crippen molar-refractivity contribution in [2.45, 2.75) is 63.6 Å². The first-order valence-corrected chi connectivity index (χ1v) is 10.2. The molecule has 2 aliphatic rings. The number of rotatable bonds is 6. The molecule has 0 aromatic heterocycles. The molecule has 1 aromatic rings. The van der Waals surface area contributed by atoms with Gasteiger partial charge in [-0.2, -0.15) is 0 Å². The maximum absolute atomic E-state index is 10.7. The number of unbranched alkanes of at least 4 members (excludes halogenated alkanes) is 1. The van der Waals surface area contributed by atoms with E-state index < -0.39 is 17.7 Å². The number of carbonyl (C=O) groups is 1. The largest absolute Gasteiger partial charge is 0.481 e. The molecule has 0 bridgehead atoms. The van der Waals surface area contributed by atoms with Crippen LogP contribution in [0.4, 0.5) is 0 Å². The summed E-state index contributed by atoms with van der Waals surface area (Å²) in [5.41, 5.74) is 1.32. The Hall–Kier alpha value is -2.09. The van der Waals surface area contributed by atoms with Gasteiger partial charge in [0.05, 0.1) is 12.0 Å². The fraction of sp³-hybridized carbons (Fsp3) is 0.542. The second-order valence-electron chi connectivity index (χ2n) is 8.42. The number of carboxylic acids is 1. The Kier molecular flexibility index (Phi) is 6.59. The van der Waals surface area contributed by atoms with Crippen LogP contribution in [0.1, 0.15) is 51.0 Å². The average molecular weight is 383 g/mol. The summed E-state index contributed by atoms with van der Waals surface area (Å²) in [6.45, 7) is 1.73. The number of aliphatic carboxylic acids is 1. The van der Waals surface area contributed by atoms with Gasteiger partial charge in [0.15, 0.2) is 0 Å². The standard InChI is InChI=1S/C24H30O4/c1-24(28,16-17-7-3-2-4-8-17)14-13-20-21-15-18(9-5-6-10-23(26)27)19(21)11-12-22(20)25/h2-4,7-9,19-22,25,28H,5-6,10-12,15-16H2,1H3,(H,26,27)/b18-9+/t19-,20-,21+,22-,24?/m1/s1. The lowest BCUT2D eigenvalue weighted by molar-refractivity contribution is -0.137. The topological polar surface area (TPSA) is 77.8 Å². The molecule has 0 heterocycles. The van der Waals surface area contributed by atoms with Crippen LogP contribution in [0.2, 0.25) is 0 Å². The summed E-state index contributed by atoms with van der Waals surface area (Å²) < 4.78 is 0. The van der Waals surface area contributed by atoms with E-state index in [0.717, 1.165) is 31.2 Å². The SMILES string of the molecule is CC(O)(C#C[C@@H]1[C@H]2C/C(=C\CCCC(=O)O)[C@H]2CC[C@H]1O)Cc1ccccc1. The van der Waals surface area contributed by atoms with Gasteiger partial charge in [0.25, 0.3) is 0 Å². The van der Waals surface area contributed by atoms with Crippen molar-refractivity contribution in [1.82, 2.24) is 0 Å². The molecule has 0 amide bonds. The van der Waals surface area contributed by atoms with Crippen molar-refractivity contribution in [3.8, 4) is 11.8 Å². The van der Waals surface area contributed by atoms with E-state index in [1.165, 1.54) is 5.57 Å². The zero-order valence-corrected chi connectivity index (χ0v) is 16.5. The van der Waals surface area contributed by atoms with Gasteiger partial charge in [0.1, 0.15) is 5.60 Å². The number of hydrogen-bond acceptors (Lipinski definition) is 3. The molecule has 0 spiro atoms. The van der Waals surface area contributed by atoms with E-state index in [4.69, 9.17) is 5.11 Å². The molecule has 0 saturated heterocycles. The minimum absolute atomic E-state index is 0.0998. The average Bonchev–Trinajstić information content (AvgIpc) is 2.62. The second kappa shape index (κ2) is 8.94. The summed E-state index contributed by atoms with van der Waals surface area (Å²) in [6.07, 6.45) is 6.53. The van der Waals surface area contributed by atoms with Gasteiger partial charge in [-0.1, -0.05) is 53.8 Å². The van der Waals surface area contributed by atoms with E-state index in [0.29, 0.717) is 24.7 Å². The minimum Gasteiger partial charge on any atom is -0.481 e. The van der Waals surface area contributed by atoms with E-state index in [2.05, 4.69) is 17.9 Å². The lowest BCUT2D eigenvalue weighted by atomic mass is 9.57. The van der Waals surface area contributed by atoms with Gasteiger partial charge < -0.3 is 15.3 Å². The number of carboxylic acid groups (broad SMARTS) is 1. The van der Waals surface area contributed by atoms with Crippen LogP contribution in [0.3, 0.4) is 0 Å². The zero-order chi connectivity index (χ0) is 20.1. The Morgan fingerprint density at radius 1 is 1.29 bits per heavy atom. The molecule has 28 heavy (non-hydrogen) atoms. The van der Waals surface area contributed by atoms with E-state index in [-0.39, 0.29) is 12.3 Å². The lowest BCUT2D eigenvalue weighted by Crippen LogP contribution is -2.44. The van der Waals surface area contributed by atoms with Gasteiger partial charge >= 0.3 is 5.97 Å². The van der Waals surface area contributed by atoms with E-state index in [1.54, 1.807) is 6.92 Å². The summed E-state index contributed by atoms with van der Waals surface area (Å²) in [6, 6.07) is 9.82. The quantitative estimate of drug-likeness (QED) is 0.399. The maximum Gasteiger partial charge on any atom is 0.303 e. The highest BCUT2D eigenvalue weighted by molar-refractivity contribution is 5.66. The smallest absolute Gasteiger partial charge is 0.303 e. The Morgan fingerprint density at radius 3 is 2.75 bits per heavy atom. The van der Waals surface area contributed by atoms with Crippen molar-refractivity contribution in [3.63, 3.8) is 0 Å². The summed E-state index contributed by atoms with van der Waals surface area (Å²) in [5.74, 6) is 6.19. The highest BCUT2D eigenvalue weighted by Crippen LogP contribution is 2.51. The fourth-order valence-corrected chi connectivity index (χ4v) is 4.53. The van der Waals surface area contributed by atoms with Crippen LogP contribution in [0.25, 0.3) is 0 Å². The van der Waals surface area contributed by atoms with Crippen LogP contribution in [0, 0.1) is 29.6 Å². The van der Waals surface area contributed by atoms with E-state index in [9.17, 15) is 15.0 Å². The van der Waals surface area contributed by atoms with Gasteiger partial charge in [-0.05, 0) is 56.4 Å². The molecule has 150 valence electrons. The summed E-state index contributed by atoms with van der Waals surface area (Å²) >= 11 is 0. The third-order valence-corrected chi connectivity index (χ3v) is 6.01. The molecule has 2 aliphatic carbocycles. The Labute approximate surface area is 167 Å². The molecular formula is C24H30O4. The van der Waals surface area contributed by atoms with Crippen LogP contribution >= 0.6 is 0 Å². The first-order valence-electron chi connectivity index (χ1n) is 10.2. The van der Waals surface area contributed by atoms with Crippen molar-refractivity contribution in [2.24, 2.45) is 17.8 Å². The number of benzene rings is 1. The minimum atomic E-state index is -1.12. The third-order valence-electron chi connectivity index (χ3n) is 6.01. The number of hydrogen-bond donors (Lipinski definition) is 3. The highest BCUT2D eigenvalue weighted by Gasteiger charge is 2.46.